The van der Waals surface area contributed by atoms with Gasteiger partial charge in [0, 0.05) is 19.8 Å². The van der Waals surface area contributed by atoms with Crippen molar-refractivity contribution >= 4 is 11.9 Å². The number of nitrogens with one attached hydrogen (secondary N) is 1. The summed E-state index contributed by atoms with van der Waals surface area (Å²) in [6.07, 6.45) is 2.97. The van der Waals surface area contributed by atoms with Crippen molar-refractivity contribution < 1.29 is 19.4 Å². The van der Waals surface area contributed by atoms with Crippen LogP contribution in [0.5, 0.6) is 0 Å². The number of rotatable bonds is 7. The normalized spacial score (nSPS) is 16.0. The highest BCUT2D eigenvalue weighted by Gasteiger charge is 2.31. The van der Waals surface area contributed by atoms with Crippen molar-refractivity contribution in [2.45, 2.75) is 39.5 Å². The van der Waals surface area contributed by atoms with Gasteiger partial charge in [-0.1, -0.05) is 31.5 Å². The van der Waals surface area contributed by atoms with Crippen LogP contribution in [0, 0.1) is 18.8 Å². The molecule has 1 aliphatic heterocycles. The number of ether oxygens (including phenoxy) is 1. The number of aliphatic carboxylic acids is 1. The van der Waals surface area contributed by atoms with Crippen LogP contribution in [0.3, 0.4) is 0 Å². The van der Waals surface area contributed by atoms with Crippen molar-refractivity contribution in [3.8, 4) is 5.69 Å². The van der Waals surface area contributed by atoms with E-state index in [-0.39, 0.29) is 24.3 Å². The largest absolute Gasteiger partial charge is 0.481 e. The molecule has 1 aliphatic rings. The molecule has 29 heavy (non-hydrogen) atoms. The first kappa shape index (κ1) is 21.0. The summed E-state index contributed by atoms with van der Waals surface area (Å²) in [5, 5.41) is 16.9. The Hall–Kier alpha value is -2.67. The highest BCUT2D eigenvalue weighted by molar-refractivity contribution is 5.95. The molecule has 7 nitrogen and oxygen atoms in total. The van der Waals surface area contributed by atoms with Crippen molar-refractivity contribution in [1.82, 2.24) is 15.1 Å². The van der Waals surface area contributed by atoms with Gasteiger partial charge in [-0.25, -0.2) is 4.68 Å². The second-order valence-electron chi connectivity index (χ2n) is 7.95. The predicted molar refractivity (Wildman–Crippen MR) is 109 cm³/mol. The SMILES string of the molecule is Cc1ccc(-n2ncc(C(=O)NCC(C(=O)O)C3CCOCC3)c2C(C)C)cc1. The van der Waals surface area contributed by atoms with Crippen LogP contribution in [0.2, 0.25) is 0 Å². The molecule has 2 aromatic rings. The summed E-state index contributed by atoms with van der Waals surface area (Å²) >= 11 is 0. The lowest BCUT2D eigenvalue weighted by Gasteiger charge is -2.27. The van der Waals surface area contributed by atoms with E-state index in [0.29, 0.717) is 31.6 Å². The third-order valence-electron chi connectivity index (χ3n) is 5.51. The number of nitrogens with zero attached hydrogens (tertiary/aromatic N) is 2. The number of amides is 1. The van der Waals surface area contributed by atoms with E-state index >= 15 is 0 Å². The van der Waals surface area contributed by atoms with Gasteiger partial charge >= 0.3 is 5.97 Å². The molecule has 1 amide bonds. The van der Waals surface area contributed by atoms with Gasteiger partial charge in [0.15, 0.2) is 0 Å². The molecule has 1 fully saturated rings. The van der Waals surface area contributed by atoms with Gasteiger partial charge in [-0.3, -0.25) is 9.59 Å². The summed E-state index contributed by atoms with van der Waals surface area (Å²) in [5.74, 6) is -1.69. The Balaban J connectivity index is 1.78. The fraction of sp³-hybridized carbons (Fsp3) is 0.500. The highest BCUT2D eigenvalue weighted by Crippen LogP contribution is 2.25. The van der Waals surface area contributed by atoms with Gasteiger partial charge in [0.25, 0.3) is 5.91 Å². The number of hydrogen-bond donors (Lipinski definition) is 2. The summed E-state index contributed by atoms with van der Waals surface area (Å²) in [5.41, 5.74) is 3.34. The molecule has 0 aliphatic carbocycles. The molecular weight excluding hydrogens is 370 g/mol. The summed E-state index contributed by atoms with van der Waals surface area (Å²) in [7, 11) is 0. The predicted octanol–water partition coefficient (Wildman–Crippen LogP) is 3.16. The quantitative estimate of drug-likeness (QED) is 0.746. The topological polar surface area (TPSA) is 93.5 Å². The van der Waals surface area contributed by atoms with Gasteiger partial charge in [0.2, 0.25) is 0 Å². The molecule has 0 radical (unpaired) electrons. The average Bonchev–Trinajstić information content (AvgIpc) is 3.14. The van der Waals surface area contributed by atoms with Gasteiger partial charge in [0.1, 0.15) is 0 Å². The lowest BCUT2D eigenvalue weighted by molar-refractivity contribution is -0.144. The Bertz CT molecular complexity index is 851. The van der Waals surface area contributed by atoms with E-state index in [4.69, 9.17) is 4.74 Å². The minimum absolute atomic E-state index is 0.0152. The average molecular weight is 399 g/mol. The van der Waals surface area contributed by atoms with E-state index in [9.17, 15) is 14.7 Å². The first-order valence-electron chi connectivity index (χ1n) is 10.1. The van der Waals surface area contributed by atoms with E-state index in [1.807, 2.05) is 45.0 Å². The van der Waals surface area contributed by atoms with E-state index in [0.717, 1.165) is 16.9 Å². The molecule has 3 rings (SSSR count). The summed E-state index contributed by atoms with van der Waals surface area (Å²) < 4.78 is 7.11. The molecule has 0 spiro atoms. The maximum absolute atomic E-state index is 12.9. The molecule has 1 aromatic heterocycles. The Morgan fingerprint density at radius 1 is 1.24 bits per heavy atom. The fourth-order valence-corrected chi connectivity index (χ4v) is 3.85. The minimum Gasteiger partial charge on any atom is -0.481 e. The number of carbonyl (C=O) groups is 2. The lowest BCUT2D eigenvalue weighted by Crippen LogP contribution is -2.39. The van der Waals surface area contributed by atoms with Crippen LogP contribution in [-0.2, 0) is 9.53 Å². The molecule has 7 heteroatoms. The Kier molecular flexibility index (Phi) is 6.69. The Labute approximate surface area is 171 Å². The maximum Gasteiger partial charge on any atom is 0.308 e. The number of carboxylic acids is 1. The van der Waals surface area contributed by atoms with Crippen molar-refractivity contribution in [2.24, 2.45) is 11.8 Å². The Morgan fingerprint density at radius 2 is 1.90 bits per heavy atom. The zero-order valence-electron chi connectivity index (χ0n) is 17.2. The summed E-state index contributed by atoms with van der Waals surface area (Å²) in [6, 6.07) is 7.96. The third-order valence-corrected chi connectivity index (χ3v) is 5.51. The van der Waals surface area contributed by atoms with Crippen LogP contribution in [-0.4, -0.2) is 46.5 Å². The molecule has 1 aromatic carbocycles. The van der Waals surface area contributed by atoms with E-state index in [2.05, 4.69) is 10.4 Å². The van der Waals surface area contributed by atoms with Crippen molar-refractivity contribution in [3.05, 3.63) is 47.3 Å². The first-order chi connectivity index (χ1) is 13.9. The maximum atomic E-state index is 12.9. The molecule has 1 unspecified atom stereocenters. The Morgan fingerprint density at radius 3 is 2.48 bits per heavy atom. The number of carboxylic acid groups (broad SMARTS) is 1. The monoisotopic (exact) mass is 399 g/mol. The second-order valence-corrected chi connectivity index (χ2v) is 7.95. The van der Waals surface area contributed by atoms with Gasteiger partial charge in [0.05, 0.1) is 29.1 Å². The van der Waals surface area contributed by atoms with Crippen molar-refractivity contribution in [2.75, 3.05) is 19.8 Å². The lowest BCUT2D eigenvalue weighted by atomic mass is 9.86. The second kappa shape index (κ2) is 9.22. The number of carbonyl (C=O) groups excluding carboxylic acids is 1. The molecule has 156 valence electrons. The zero-order chi connectivity index (χ0) is 21.0. The molecular formula is C22H29N3O4. The minimum atomic E-state index is -0.878. The van der Waals surface area contributed by atoms with E-state index in [1.54, 1.807) is 10.9 Å². The van der Waals surface area contributed by atoms with Gasteiger partial charge in [-0.15, -0.1) is 0 Å². The van der Waals surface area contributed by atoms with Crippen LogP contribution < -0.4 is 5.32 Å². The van der Waals surface area contributed by atoms with Gasteiger partial charge in [-0.2, -0.15) is 5.10 Å². The molecule has 2 N–H and O–H groups in total. The van der Waals surface area contributed by atoms with Gasteiger partial charge in [-0.05, 0) is 43.7 Å². The third kappa shape index (κ3) is 4.85. The smallest absolute Gasteiger partial charge is 0.308 e. The van der Waals surface area contributed by atoms with Crippen LogP contribution >= 0.6 is 0 Å². The van der Waals surface area contributed by atoms with E-state index in [1.165, 1.54) is 0 Å². The number of hydrogen-bond acceptors (Lipinski definition) is 4. The van der Waals surface area contributed by atoms with E-state index < -0.39 is 11.9 Å². The van der Waals surface area contributed by atoms with Gasteiger partial charge < -0.3 is 15.2 Å². The summed E-state index contributed by atoms with van der Waals surface area (Å²) in [6.45, 7) is 7.30. The fourth-order valence-electron chi connectivity index (χ4n) is 3.85. The van der Waals surface area contributed by atoms with Crippen LogP contribution in [0.4, 0.5) is 0 Å². The number of benzene rings is 1. The molecule has 2 heterocycles. The number of aryl methyl sites for hydroxylation is 1. The van der Waals surface area contributed by atoms with Crippen LogP contribution in [0.25, 0.3) is 5.69 Å². The molecule has 1 saturated heterocycles. The number of aromatic nitrogens is 2. The first-order valence-corrected chi connectivity index (χ1v) is 10.1. The molecule has 0 saturated carbocycles. The summed E-state index contributed by atoms with van der Waals surface area (Å²) in [4.78, 5) is 24.6. The van der Waals surface area contributed by atoms with Crippen LogP contribution in [0.15, 0.2) is 30.5 Å². The van der Waals surface area contributed by atoms with Crippen molar-refractivity contribution in [3.63, 3.8) is 0 Å². The zero-order valence-corrected chi connectivity index (χ0v) is 17.2. The van der Waals surface area contributed by atoms with Crippen LogP contribution in [0.1, 0.15) is 54.2 Å². The standard InChI is InChI=1S/C22H29N3O4/c1-14(2)20-19(13-24-25(20)17-6-4-15(3)5-7-17)21(26)23-12-18(22(27)28)16-8-10-29-11-9-16/h4-7,13-14,16,18H,8-12H2,1-3H3,(H,23,26)(H,27,28). The van der Waals surface area contributed by atoms with Crippen molar-refractivity contribution in [1.29, 1.82) is 0 Å². The highest BCUT2D eigenvalue weighted by atomic mass is 16.5. The molecule has 0 bridgehead atoms. The molecule has 1 atom stereocenters.